The van der Waals surface area contributed by atoms with Crippen molar-refractivity contribution in [1.82, 2.24) is 4.90 Å². The van der Waals surface area contributed by atoms with Crippen LogP contribution in [0.1, 0.15) is 51.1 Å². The molecule has 0 spiro atoms. The second-order valence-electron chi connectivity index (χ2n) is 9.42. The highest BCUT2D eigenvalue weighted by Crippen LogP contribution is 2.59. The maximum atomic E-state index is 10.6. The lowest BCUT2D eigenvalue weighted by molar-refractivity contribution is -0.0265. The number of benzene rings is 1. The van der Waals surface area contributed by atoms with Crippen LogP contribution in [0.2, 0.25) is 0 Å². The van der Waals surface area contributed by atoms with E-state index in [4.69, 9.17) is 9.47 Å². The number of hydrogen-bond donors (Lipinski definition) is 1. The van der Waals surface area contributed by atoms with Crippen molar-refractivity contribution in [3.8, 4) is 5.75 Å². The maximum Gasteiger partial charge on any atom is 0.118 e. The van der Waals surface area contributed by atoms with Crippen LogP contribution < -0.4 is 4.74 Å². The molecule has 0 radical (unpaired) electrons. The normalized spacial score (nSPS) is 29.9. The molecule has 5 rings (SSSR count). The van der Waals surface area contributed by atoms with Gasteiger partial charge in [0.2, 0.25) is 0 Å². The van der Waals surface area contributed by atoms with Gasteiger partial charge in [0.05, 0.1) is 26.4 Å². The Labute approximate surface area is 169 Å². The number of nitrogens with zero attached hydrogens (tertiary/aromatic N) is 1. The predicted molar refractivity (Wildman–Crippen MR) is 111 cm³/mol. The molecule has 2 bridgehead atoms. The molecule has 0 aromatic heterocycles. The van der Waals surface area contributed by atoms with Gasteiger partial charge in [0.15, 0.2) is 0 Å². The van der Waals surface area contributed by atoms with Crippen LogP contribution in [0.4, 0.5) is 0 Å². The Hall–Kier alpha value is -1.36. The average molecular weight is 386 g/mol. The quantitative estimate of drug-likeness (QED) is 0.681. The fraction of sp³-hybridized carbons (Fsp3) is 0.667. The molecule has 1 N–H and O–H groups in total. The van der Waals surface area contributed by atoms with Crippen molar-refractivity contribution in [2.24, 2.45) is 17.3 Å². The summed E-state index contributed by atoms with van der Waals surface area (Å²) in [6.07, 6.45) is 6.78. The van der Waals surface area contributed by atoms with Crippen LogP contribution in [0.25, 0.3) is 0 Å². The van der Waals surface area contributed by atoms with Gasteiger partial charge in [-0.15, -0.1) is 0 Å². The molecule has 4 aliphatic rings. The molecule has 3 aliphatic carbocycles. The van der Waals surface area contributed by atoms with Crippen molar-refractivity contribution in [3.05, 3.63) is 41.5 Å². The number of methoxy groups -OCH3 is 1. The Kier molecular flexibility index (Phi) is 5.82. The highest BCUT2D eigenvalue weighted by molar-refractivity contribution is 5.29. The molecule has 1 aliphatic heterocycles. The Balaban J connectivity index is 1.25. The summed E-state index contributed by atoms with van der Waals surface area (Å²) in [5.74, 6) is 2.43. The maximum absolute atomic E-state index is 10.6. The molecule has 1 saturated carbocycles. The van der Waals surface area contributed by atoms with Crippen LogP contribution >= 0.6 is 0 Å². The molecule has 4 heteroatoms. The van der Waals surface area contributed by atoms with Crippen LogP contribution in [0.15, 0.2) is 35.9 Å². The molecule has 28 heavy (non-hydrogen) atoms. The van der Waals surface area contributed by atoms with Crippen molar-refractivity contribution in [1.29, 1.82) is 0 Å². The standard InChI is InChI=1S/C24H35NO3/c1-24(2)19-9-6-18(22(24)13-19)15-28-16-20(26)14-25-12-4-5-23(25)17-7-10-21(27-3)11-8-17/h6-8,10-11,19-20,22-23,26H,4-5,9,12-16H2,1-3H3. The number of aliphatic hydroxyl groups excluding tert-OH is 1. The first-order valence-corrected chi connectivity index (χ1v) is 10.8. The van der Waals surface area contributed by atoms with Crippen LogP contribution in [-0.2, 0) is 4.74 Å². The number of allylic oxidation sites excluding steroid dienone is 1. The Morgan fingerprint density at radius 1 is 1.25 bits per heavy atom. The van der Waals surface area contributed by atoms with Gasteiger partial charge < -0.3 is 14.6 Å². The van der Waals surface area contributed by atoms with Crippen LogP contribution in [0.3, 0.4) is 0 Å². The highest BCUT2D eigenvalue weighted by Gasteiger charge is 2.50. The van der Waals surface area contributed by atoms with Crippen LogP contribution in [0, 0.1) is 17.3 Å². The van der Waals surface area contributed by atoms with Crippen molar-refractivity contribution in [2.75, 3.05) is 33.4 Å². The summed E-state index contributed by atoms with van der Waals surface area (Å²) in [7, 11) is 1.70. The number of ether oxygens (including phenoxy) is 2. The lowest BCUT2D eigenvalue weighted by Gasteiger charge is -2.56. The number of aliphatic hydroxyl groups is 1. The monoisotopic (exact) mass is 385 g/mol. The van der Waals surface area contributed by atoms with Crippen molar-refractivity contribution in [2.45, 2.75) is 51.7 Å². The lowest BCUT2D eigenvalue weighted by Crippen LogP contribution is -2.48. The van der Waals surface area contributed by atoms with Gasteiger partial charge in [-0.2, -0.15) is 0 Å². The van der Waals surface area contributed by atoms with Crippen LogP contribution in [-0.4, -0.2) is 49.5 Å². The summed E-state index contributed by atoms with van der Waals surface area (Å²) in [6.45, 7) is 7.59. The van der Waals surface area contributed by atoms with Gasteiger partial charge in [-0.3, -0.25) is 4.90 Å². The Morgan fingerprint density at radius 3 is 2.71 bits per heavy atom. The van der Waals surface area contributed by atoms with Gasteiger partial charge in [-0.05, 0) is 72.7 Å². The largest absolute Gasteiger partial charge is 0.497 e. The number of rotatable bonds is 8. The van der Waals surface area contributed by atoms with E-state index in [0.29, 0.717) is 37.1 Å². The molecule has 0 amide bonds. The molecule has 1 heterocycles. The molecular formula is C24H35NO3. The summed E-state index contributed by atoms with van der Waals surface area (Å²) in [4.78, 5) is 2.40. The minimum Gasteiger partial charge on any atom is -0.497 e. The van der Waals surface area contributed by atoms with Crippen molar-refractivity contribution >= 4 is 0 Å². The molecule has 1 aromatic rings. The second-order valence-corrected chi connectivity index (χ2v) is 9.42. The van der Waals surface area contributed by atoms with Crippen LogP contribution in [0.5, 0.6) is 5.75 Å². The van der Waals surface area contributed by atoms with Crippen molar-refractivity contribution in [3.63, 3.8) is 0 Å². The van der Waals surface area contributed by atoms with Gasteiger partial charge in [-0.1, -0.05) is 32.1 Å². The molecule has 2 fully saturated rings. The third-order valence-corrected chi connectivity index (χ3v) is 7.47. The minimum atomic E-state index is -0.440. The first-order valence-electron chi connectivity index (χ1n) is 10.8. The Morgan fingerprint density at radius 2 is 2.04 bits per heavy atom. The zero-order chi connectivity index (χ0) is 19.7. The molecular weight excluding hydrogens is 350 g/mol. The number of fused-ring (bicyclic) bond motifs is 1. The van der Waals surface area contributed by atoms with E-state index in [2.05, 4.69) is 37.0 Å². The van der Waals surface area contributed by atoms with E-state index in [1.807, 2.05) is 12.1 Å². The third-order valence-electron chi connectivity index (χ3n) is 7.47. The predicted octanol–water partition coefficient (Wildman–Crippen LogP) is 4.20. The molecule has 4 unspecified atom stereocenters. The highest BCUT2D eigenvalue weighted by atomic mass is 16.5. The summed E-state index contributed by atoms with van der Waals surface area (Å²) in [5, 5.41) is 10.6. The number of hydrogen-bond acceptors (Lipinski definition) is 4. The zero-order valence-electron chi connectivity index (χ0n) is 17.6. The summed E-state index contributed by atoms with van der Waals surface area (Å²) in [5.41, 5.74) is 3.20. The van der Waals surface area contributed by atoms with E-state index in [1.54, 1.807) is 7.11 Å². The average Bonchev–Trinajstić information content (AvgIpc) is 3.16. The fourth-order valence-corrected chi connectivity index (χ4v) is 5.53. The second kappa shape index (κ2) is 8.17. The van der Waals surface area contributed by atoms with Crippen molar-refractivity contribution < 1.29 is 14.6 Å². The van der Waals surface area contributed by atoms with Gasteiger partial charge in [0.25, 0.3) is 0 Å². The van der Waals surface area contributed by atoms with E-state index >= 15 is 0 Å². The fourth-order valence-electron chi connectivity index (χ4n) is 5.53. The first-order chi connectivity index (χ1) is 13.5. The molecule has 1 aromatic carbocycles. The minimum absolute atomic E-state index is 0.384. The van der Waals surface area contributed by atoms with Gasteiger partial charge >= 0.3 is 0 Å². The Bertz CT molecular complexity index is 696. The lowest BCUT2D eigenvalue weighted by atomic mass is 9.49. The third kappa shape index (κ3) is 3.87. The number of likely N-dealkylation sites (tertiary alicyclic amines) is 1. The van der Waals surface area contributed by atoms with Gasteiger partial charge in [0.1, 0.15) is 5.75 Å². The summed E-state index contributed by atoms with van der Waals surface area (Å²) in [6, 6.07) is 8.72. The van der Waals surface area contributed by atoms with E-state index < -0.39 is 6.10 Å². The van der Waals surface area contributed by atoms with E-state index in [1.165, 1.54) is 30.4 Å². The SMILES string of the molecule is COc1ccc(C2CCCN2CC(O)COCC2=CCC3CC2C3(C)C)cc1. The first kappa shape index (κ1) is 19.9. The smallest absolute Gasteiger partial charge is 0.118 e. The van der Waals surface area contributed by atoms with E-state index in [0.717, 1.165) is 24.6 Å². The van der Waals surface area contributed by atoms with E-state index in [9.17, 15) is 5.11 Å². The molecule has 4 nitrogen and oxygen atoms in total. The molecule has 1 saturated heterocycles. The summed E-state index contributed by atoms with van der Waals surface area (Å²) >= 11 is 0. The summed E-state index contributed by atoms with van der Waals surface area (Å²) < 4.78 is 11.2. The van der Waals surface area contributed by atoms with Gasteiger partial charge in [0, 0.05) is 12.6 Å². The molecule has 154 valence electrons. The van der Waals surface area contributed by atoms with E-state index in [-0.39, 0.29) is 0 Å². The topological polar surface area (TPSA) is 41.9 Å². The molecule has 4 atom stereocenters. The number of β-amino-alcohol motifs (C(OH)–C–C–N with tert-alkyl or cyclic N) is 1. The zero-order valence-corrected chi connectivity index (χ0v) is 17.6. The van der Waals surface area contributed by atoms with Gasteiger partial charge in [-0.25, -0.2) is 0 Å².